The number of hydrogen-bond donors (Lipinski definition) is 3. The molecule has 94 valence electrons. The first-order valence-electron chi connectivity index (χ1n) is 6.89. The highest BCUT2D eigenvalue weighted by Crippen LogP contribution is 2.22. The molecule has 0 radical (unpaired) electrons. The Hall–Kier alpha value is -0.120. The Balaban J connectivity index is 1.65. The van der Waals surface area contributed by atoms with Crippen molar-refractivity contribution in [2.24, 2.45) is 5.92 Å². The number of aliphatic hydroxyl groups is 1. The van der Waals surface area contributed by atoms with Gasteiger partial charge in [-0.15, -0.1) is 0 Å². The van der Waals surface area contributed by atoms with Crippen molar-refractivity contribution in [3.05, 3.63) is 0 Å². The smallest absolute Gasteiger partial charge is 0.0680 e. The number of hydrogen-bond acceptors (Lipinski definition) is 3. The molecule has 0 bridgehead atoms. The standard InChI is InChI=1S/C13H26N2O/c1-10-3-2-4-11(6-5-10)14-8-12-7-13(16)9-15-12/h10-16H,2-9H2,1H3. The van der Waals surface area contributed by atoms with Crippen LogP contribution in [0.4, 0.5) is 0 Å². The van der Waals surface area contributed by atoms with Crippen LogP contribution in [0.3, 0.4) is 0 Å². The van der Waals surface area contributed by atoms with Gasteiger partial charge in [0.1, 0.15) is 0 Å². The van der Waals surface area contributed by atoms with Crippen LogP contribution in [0.25, 0.3) is 0 Å². The highest BCUT2D eigenvalue weighted by molar-refractivity contribution is 4.84. The van der Waals surface area contributed by atoms with Gasteiger partial charge < -0.3 is 15.7 Å². The molecule has 4 unspecified atom stereocenters. The molecule has 1 aliphatic carbocycles. The first-order chi connectivity index (χ1) is 7.74. The van der Waals surface area contributed by atoms with Gasteiger partial charge in [-0.3, -0.25) is 0 Å². The normalized spacial score (nSPS) is 40.9. The summed E-state index contributed by atoms with van der Waals surface area (Å²) in [5, 5.41) is 16.5. The van der Waals surface area contributed by atoms with Crippen LogP contribution in [0.1, 0.15) is 45.4 Å². The van der Waals surface area contributed by atoms with Gasteiger partial charge in [-0.1, -0.05) is 19.8 Å². The minimum absolute atomic E-state index is 0.124. The zero-order valence-corrected chi connectivity index (χ0v) is 10.4. The largest absolute Gasteiger partial charge is 0.392 e. The number of nitrogens with one attached hydrogen (secondary N) is 2. The van der Waals surface area contributed by atoms with Crippen LogP contribution in [-0.4, -0.2) is 36.4 Å². The van der Waals surface area contributed by atoms with Crippen LogP contribution in [0.2, 0.25) is 0 Å². The molecule has 3 nitrogen and oxygen atoms in total. The number of rotatable bonds is 3. The molecule has 4 atom stereocenters. The van der Waals surface area contributed by atoms with Crippen molar-refractivity contribution >= 4 is 0 Å². The van der Waals surface area contributed by atoms with Crippen LogP contribution in [-0.2, 0) is 0 Å². The van der Waals surface area contributed by atoms with Crippen LogP contribution in [0.15, 0.2) is 0 Å². The summed E-state index contributed by atoms with van der Waals surface area (Å²) in [5.74, 6) is 0.915. The van der Waals surface area contributed by atoms with Gasteiger partial charge in [-0.25, -0.2) is 0 Å². The molecule has 3 heteroatoms. The maximum Gasteiger partial charge on any atom is 0.0680 e. The van der Waals surface area contributed by atoms with E-state index in [9.17, 15) is 5.11 Å². The van der Waals surface area contributed by atoms with E-state index in [2.05, 4.69) is 17.6 Å². The van der Waals surface area contributed by atoms with E-state index in [1.807, 2.05) is 0 Å². The lowest BCUT2D eigenvalue weighted by Crippen LogP contribution is -2.39. The van der Waals surface area contributed by atoms with Crippen molar-refractivity contribution in [2.45, 2.75) is 63.6 Å². The predicted molar refractivity (Wildman–Crippen MR) is 66.5 cm³/mol. The summed E-state index contributed by atoms with van der Waals surface area (Å²) in [6.07, 6.45) is 7.60. The van der Waals surface area contributed by atoms with E-state index in [1.54, 1.807) is 0 Å². The topological polar surface area (TPSA) is 44.3 Å². The van der Waals surface area contributed by atoms with Crippen LogP contribution in [0, 0.1) is 5.92 Å². The summed E-state index contributed by atoms with van der Waals surface area (Å²) in [5.41, 5.74) is 0. The lowest BCUT2D eigenvalue weighted by molar-refractivity contribution is 0.192. The van der Waals surface area contributed by atoms with Gasteiger partial charge in [-0.2, -0.15) is 0 Å². The molecule has 2 aliphatic rings. The summed E-state index contributed by atoms with van der Waals surface area (Å²) in [7, 11) is 0. The second-order valence-electron chi connectivity index (χ2n) is 5.71. The van der Waals surface area contributed by atoms with Crippen molar-refractivity contribution in [2.75, 3.05) is 13.1 Å². The second-order valence-corrected chi connectivity index (χ2v) is 5.71. The van der Waals surface area contributed by atoms with Gasteiger partial charge in [0, 0.05) is 25.2 Å². The van der Waals surface area contributed by atoms with Crippen molar-refractivity contribution < 1.29 is 5.11 Å². The van der Waals surface area contributed by atoms with Crippen molar-refractivity contribution in [3.8, 4) is 0 Å². The minimum atomic E-state index is -0.124. The monoisotopic (exact) mass is 226 g/mol. The van der Waals surface area contributed by atoms with Crippen molar-refractivity contribution in [3.63, 3.8) is 0 Å². The van der Waals surface area contributed by atoms with E-state index < -0.39 is 0 Å². The Morgan fingerprint density at radius 2 is 2.12 bits per heavy atom. The Morgan fingerprint density at radius 3 is 2.88 bits per heavy atom. The van der Waals surface area contributed by atoms with Crippen LogP contribution in [0.5, 0.6) is 0 Å². The number of aliphatic hydroxyl groups excluding tert-OH is 1. The van der Waals surface area contributed by atoms with Gasteiger partial charge in [0.2, 0.25) is 0 Å². The second kappa shape index (κ2) is 5.99. The molecule has 1 saturated carbocycles. The van der Waals surface area contributed by atoms with Gasteiger partial charge in [-0.05, 0) is 31.6 Å². The Kier molecular flexibility index (Phi) is 4.62. The molecule has 0 aromatic carbocycles. The summed E-state index contributed by atoms with van der Waals surface area (Å²) in [6.45, 7) is 4.17. The van der Waals surface area contributed by atoms with E-state index in [-0.39, 0.29) is 6.10 Å². The van der Waals surface area contributed by atoms with Crippen molar-refractivity contribution in [1.29, 1.82) is 0 Å². The highest BCUT2D eigenvalue weighted by Gasteiger charge is 2.23. The molecule has 1 aliphatic heterocycles. The molecule has 0 aromatic heterocycles. The van der Waals surface area contributed by atoms with E-state index >= 15 is 0 Å². The fourth-order valence-corrected chi connectivity index (χ4v) is 2.95. The molecule has 1 saturated heterocycles. The lowest BCUT2D eigenvalue weighted by atomic mass is 10.0. The average molecular weight is 226 g/mol. The maximum atomic E-state index is 9.43. The molecular weight excluding hydrogens is 200 g/mol. The fourth-order valence-electron chi connectivity index (χ4n) is 2.95. The van der Waals surface area contributed by atoms with Gasteiger partial charge in [0.25, 0.3) is 0 Å². The van der Waals surface area contributed by atoms with Gasteiger partial charge in [0.15, 0.2) is 0 Å². The van der Waals surface area contributed by atoms with E-state index in [1.165, 1.54) is 32.1 Å². The SMILES string of the molecule is CC1CCCC(NCC2CC(O)CN2)CC1. The van der Waals surface area contributed by atoms with E-state index in [0.717, 1.165) is 25.4 Å². The third-order valence-corrected chi connectivity index (χ3v) is 4.11. The first-order valence-corrected chi connectivity index (χ1v) is 6.89. The predicted octanol–water partition coefficient (Wildman–Crippen LogP) is 1.27. The molecule has 3 N–H and O–H groups in total. The molecule has 0 aromatic rings. The van der Waals surface area contributed by atoms with Gasteiger partial charge in [0.05, 0.1) is 6.10 Å². The number of β-amino-alcohol motifs (C(OH)–C–C–N with tert-alkyl or cyclic N) is 1. The molecule has 0 amide bonds. The van der Waals surface area contributed by atoms with E-state index in [0.29, 0.717) is 12.1 Å². The Bertz CT molecular complexity index is 210. The average Bonchev–Trinajstić information content (AvgIpc) is 2.56. The maximum absolute atomic E-state index is 9.43. The zero-order valence-electron chi connectivity index (χ0n) is 10.4. The fraction of sp³-hybridized carbons (Fsp3) is 1.00. The molecule has 2 rings (SSSR count). The third kappa shape index (κ3) is 3.72. The molecular formula is C13H26N2O. The van der Waals surface area contributed by atoms with Crippen molar-refractivity contribution in [1.82, 2.24) is 10.6 Å². The Morgan fingerprint density at radius 1 is 1.25 bits per heavy atom. The third-order valence-electron chi connectivity index (χ3n) is 4.11. The molecule has 2 fully saturated rings. The summed E-state index contributed by atoms with van der Waals surface area (Å²) < 4.78 is 0. The Labute approximate surface area is 99.0 Å². The lowest BCUT2D eigenvalue weighted by Gasteiger charge is -2.19. The van der Waals surface area contributed by atoms with E-state index in [4.69, 9.17) is 0 Å². The molecule has 0 spiro atoms. The zero-order chi connectivity index (χ0) is 11.4. The first kappa shape index (κ1) is 12.3. The highest BCUT2D eigenvalue weighted by atomic mass is 16.3. The summed E-state index contributed by atoms with van der Waals surface area (Å²) in [6, 6.07) is 1.19. The van der Waals surface area contributed by atoms with Gasteiger partial charge >= 0.3 is 0 Å². The summed E-state index contributed by atoms with van der Waals surface area (Å²) >= 11 is 0. The summed E-state index contributed by atoms with van der Waals surface area (Å²) in [4.78, 5) is 0. The van der Waals surface area contributed by atoms with Crippen LogP contribution >= 0.6 is 0 Å². The quantitative estimate of drug-likeness (QED) is 0.635. The molecule has 1 heterocycles. The molecule has 16 heavy (non-hydrogen) atoms. The van der Waals surface area contributed by atoms with Crippen LogP contribution < -0.4 is 10.6 Å². The minimum Gasteiger partial charge on any atom is -0.392 e.